The number of hydrogen-bond donors (Lipinski definition) is 2. The highest BCUT2D eigenvalue weighted by molar-refractivity contribution is 7.89. The zero-order valence-corrected chi connectivity index (χ0v) is 11.0. The summed E-state index contributed by atoms with van der Waals surface area (Å²) >= 11 is 0. The van der Waals surface area contributed by atoms with Gasteiger partial charge in [0, 0.05) is 18.8 Å². The molecule has 1 saturated heterocycles. The van der Waals surface area contributed by atoms with Crippen LogP contribution in [-0.4, -0.2) is 40.6 Å². The van der Waals surface area contributed by atoms with Crippen LogP contribution in [0.15, 0.2) is 23.1 Å². The predicted octanol–water partition coefficient (Wildman–Crippen LogP) is -0.730. The number of nitrogens with zero attached hydrogens (tertiary/aromatic N) is 1. The first-order chi connectivity index (χ1) is 8.89. The number of nitrogens with two attached hydrogens (primary N) is 2. The number of morpholine rings is 1. The molecule has 1 aliphatic heterocycles. The maximum Gasteiger partial charge on any atom is 0.250 e. The molecule has 0 atom stereocenters. The number of carbonyl (C=O) groups is 1. The van der Waals surface area contributed by atoms with E-state index in [0.29, 0.717) is 32.0 Å². The second-order valence-corrected chi connectivity index (χ2v) is 5.75. The van der Waals surface area contributed by atoms with Gasteiger partial charge in [0.15, 0.2) is 0 Å². The molecule has 0 aromatic heterocycles. The van der Waals surface area contributed by atoms with Crippen LogP contribution in [0.4, 0.5) is 5.69 Å². The third-order valence-corrected chi connectivity index (χ3v) is 3.82. The van der Waals surface area contributed by atoms with Gasteiger partial charge in [0.2, 0.25) is 10.0 Å². The number of anilines is 1. The van der Waals surface area contributed by atoms with Crippen LogP contribution in [0, 0.1) is 0 Å². The molecule has 1 amide bonds. The third kappa shape index (κ3) is 3.03. The average molecular weight is 285 g/mol. The molecule has 0 radical (unpaired) electrons. The van der Waals surface area contributed by atoms with Crippen molar-refractivity contribution >= 4 is 21.6 Å². The van der Waals surface area contributed by atoms with Crippen LogP contribution in [0.3, 0.4) is 0 Å². The van der Waals surface area contributed by atoms with Crippen LogP contribution >= 0.6 is 0 Å². The topological polar surface area (TPSA) is 116 Å². The van der Waals surface area contributed by atoms with Crippen molar-refractivity contribution in [3.63, 3.8) is 0 Å². The van der Waals surface area contributed by atoms with Gasteiger partial charge < -0.3 is 15.4 Å². The summed E-state index contributed by atoms with van der Waals surface area (Å²) < 4.78 is 27.8. The summed E-state index contributed by atoms with van der Waals surface area (Å²) in [7, 11) is -3.86. The van der Waals surface area contributed by atoms with E-state index in [4.69, 9.17) is 15.6 Å². The molecule has 0 saturated carbocycles. The second-order valence-electron chi connectivity index (χ2n) is 4.19. The highest BCUT2D eigenvalue weighted by Crippen LogP contribution is 2.24. The van der Waals surface area contributed by atoms with Crippen molar-refractivity contribution in [1.82, 2.24) is 0 Å². The molecular formula is C11H15N3O4S. The van der Waals surface area contributed by atoms with Crippen molar-refractivity contribution in [2.24, 2.45) is 10.9 Å². The Labute approximate surface area is 111 Å². The molecule has 4 N–H and O–H groups in total. The number of ether oxygens (including phenoxy) is 1. The Morgan fingerprint density at radius 3 is 2.42 bits per heavy atom. The minimum Gasteiger partial charge on any atom is -0.378 e. The predicted molar refractivity (Wildman–Crippen MR) is 69.4 cm³/mol. The zero-order valence-electron chi connectivity index (χ0n) is 10.2. The lowest BCUT2D eigenvalue weighted by atomic mass is 10.1. The standard InChI is InChI=1S/C11H15N3O4S/c12-11(15)9-7-8(19(13,16)17)1-2-10(9)14-3-5-18-6-4-14/h1-2,7H,3-6H2,(H2,12,15)(H2,13,16,17). The molecule has 1 heterocycles. The second kappa shape index (κ2) is 5.16. The maximum atomic E-state index is 11.5. The van der Waals surface area contributed by atoms with E-state index >= 15 is 0 Å². The van der Waals surface area contributed by atoms with Gasteiger partial charge in [0.25, 0.3) is 5.91 Å². The van der Waals surface area contributed by atoms with Crippen molar-refractivity contribution < 1.29 is 17.9 Å². The molecule has 1 fully saturated rings. The van der Waals surface area contributed by atoms with E-state index in [2.05, 4.69) is 0 Å². The van der Waals surface area contributed by atoms with Crippen molar-refractivity contribution in [3.8, 4) is 0 Å². The van der Waals surface area contributed by atoms with Gasteiger partial charge in [-0.05, 0) is 18.2 Å². The molecule has 7 nitrogen and oxygen atoms in total. The third-order valence-electron chi connectivity index (χ3n) is 2.91. The highest BCUT2D eigenvalue weighted by Gasteiger charge is 2.20. The summed E-state index contributed by atoms with van der Waals surface area (Å²) in [4.78, 5) is 13.3. The first kappa shape index (κ1) is 13.8. The molecule has 1 aromatic rings. The van der Waals surface area contributed by atoms with E-state index in [1.165, 1.54) is 12.1 Å². The van der Waals surface area contributed by atoms with E-state index in [1.807, 2.05) is 4.90 Å². The lowest BCUT2D eigenvalue weighted by Gasteiger charge is -2.30. The Bertz CT molecular complexity index is 594. The zero-order chi connectivity index (χ0) is 14.0. The number of benzene rings is 1. The largest absolute Gasteiger partial charge is 0.378 e. The van der Waals surface area contributed by atoms with E-state index < -0.39 is 15.9 Å². The number of rotatable bonds is 3. The van der Waals surface area contributed by atoms with Crippen LogP contribution < -0.4 is 15.8 Å². The molecule has 104 valence electrons. The minimum absolute atomic E-state index is 0.127. The Morgan fingerprint density at radius 2 is 1.89 bits per heavy atom. The molecule has 1 aliphatic rings. The summed E-state index contributed by atoms with van der Waals surface area (Å²) in [5.41, 5.74) is 6.05. The van der Waals surface area contributed by atoms with Crippen molar-refractivity contribution in [2.45, 2.75) is 4.90 Å². The molecule has 19 heavy (non-hydrogen) atoms. The smallest absolute Gasteiger partial charge is 0.250 e. The summed E-state index contributed by atoms with van der Waals surface area (Å²) in [6.45, 7) is 2.34. The van der Waals surface area contributed by atoms with E-state index in [1.54, 1.807) is 6.07 Å². The van der Waals surface area contributed by atoms with Gasteiger partial charge in [-0.2, -0.15) is 0 Å². The van der Waals surface area contributed by atoms with Crippen LogP contribution in [-0.2, 0) is 14.8 Å². The number of amides is 1. The molecule has 0 aliphatic carbocycles. The normalized spacial score (nSPS) is 16.4. The fourth-order valence-electron chi connectivity index (χ4n) is 1.97. The highest BCUT2D eigenvalue weighted by atomic mass is 32.2. The monoisotopic (exact) mass is 285 g/mol. The molecule has 1 aromatic carbocycles. The van der Waals surface area contributed by atoms with Crippen molar-refractivity contribution in [3.05, 3.63) is 23.8 Å². The molecule has 0 bridgehead atoms. The quantitative estimate of drug-likeness (QED) is 0.759. The average Bonchev–Trinajstić information content (AvgIpc) is 2.38. The molecule has 0 spiro atoms. The fraction of sp³-hybridized carbons (Fsp3) is 0.364. The fourth-order valence-corrected chi connectivity index (χ4v) is 2.51. The molecule has 8 heteroatoms. The first-order valence-electron chi connectivity index (χ1n) is 5.69. The van der Waals surface area contributed by atoms with Crippen molar-refractivity contribution in [2.75, 3.05) is 31.2 Å². The van der Waals surface area contributed by atoms with Crippen LogP contribution in [0.25, 0.3) is 0 Å². The number of hydrogen-bond acceptors (Lipinski definition) is 5. The number of sulfonamides is 1. The SMILES string of the molecule is NC(=O)c1cc(S(N)(=O)=O)ccc1N1CCOCC1. The number of primary sulfonamides is 1. The summed E-state index contributed by atoms with van der Waals surface area (Å²) in [6.07, 6.45) is 0. The molecular weight excluding hydrogens is 270 g/mol. The van der Waals surface area contributed by atoms with Gasteiger partial charge in [-0.25, -0.2) is 13.6 Å². The van der Waals surface area contributed by atoms with E-state index in [9.17, 15) is 13.2 Å². The van der Waals surface area contributed by atoms with Gasteiger partial charge >= 0.3 is 0 Å². The van der Waals surface area contributed by atoms with Gasteiger partial charge in [0.1, 0.15) is 0 Å². The number of primary amides is 1. The lowest BCUT2D eigenvalue weighted by molar-refractivity contribution is 0.0998. The summed E-state index contributed by atoms with van der Waals surface area (Å²) in [5, 5.41) is 5.04. The van der Waals surface area contributed by atoms with Gasteiger partial charge in [-0.3, -0.25) is 4.79 Å². The van der Waals surface area contributed by atoms with Crippen LogP contribution in [0.2, 0.25) is 0 Å². The van der Waals surface area contributed by atoms with Crippen molar-refractivity contribution in [1.29, 1.82) is 0 Å². The lowest BCUT2D eigenvalue weighted by Crippen LogP contribution is -2.37. The maximum absolute atomic E-state index is 11.5. The first-order valence-corrected chi connectivity index (χ1v) is 7.23. The minimum atomic E-state index is -3.86. The Morgan fingerprint density at radius 1 is 1.26 bits per heavy atom. The van der Waals surface area contributed by atoms with Crippen LogP contribution in [0.5, 0.6) is 0 Å². The van der Waals surface area contributed by atoms with E-state index in [0.717, 1.165) is 0 Å². The van der Waals surface area contributed by atoms with Crippen LogP contribution in [0.1, 0.15) is 10.4 Å². The van der Waals surface area contributed by atoms with Gasteiger partial charge in [0.05, 0.1) is 23.7 Å². The Kier molecular flexibility index (Phi) is 3.74. The molecule has 0 unspecified atom stereocenters. The van der Waals surface area contributed by atoms with Gasteiger partial charge in [-0.1, -0.05) is 0 Å². The molecule has 2 rings (SSSR count). The Balaban J connectivity index is 2.46. The Hall–Kier alpha value is -1.64. The van der Waals surface area contributed by atoms with Gasteiger partial charge in [-0.15, -0.1) is 0 Å². The number of carbonyl (C=O) groups excluding carboxylic acids is 1. The summed E-state index contributed by atoms with van der Waals surface area (Å²) in [6, 6.07) is 4.13. The van der Waals surface area contributed by atoms with E-state index in [-0.39, 0.29) is 10.5 Å². The summed E-state index contributed by atoms with van der Waals surface area (Å²) in [5.74, 6) is -0.688.